The van der Waals surface area contributed by atoms with Crippen LogP contribution in [0, 0.1) is 0 Å². The topological polar surface area (TPSA) is 63.3 Å². The molecule has 0 aliphatic heterocycles. The van der Waals surface area contributed by atoms with Gasteiger partial charge in [-0.25, -0.2) is 4.79 Å². The molecule has 0 aromatic heterocycles. The molecule has 0 saturated carbocycles. The van der Waals surface area contributed by atoms with Crippen LogP contribution in [0.15, 0.2) is 12.2 Å². The Balaban J connectivity index is 3.10. The summed E-state index contributed by atoms with van der Waals surface area (Å²) in [4.78, 5) is 9.92. The first-order chi connectivity index (χ1) is 4.77. The maximum absolute atomic E-state index is 9.92. The van der Waals surface area contributed by atoms with Crippen LogP contribution in [0.5, 0.6) is 0 Å². The Labute approximate surface area is 60.5 Å². The van der Waals surface area contributed by atoms with Crippen LogP contribution in [-0.4, -0.2) is 17.6 Å². The number of aliphatic carboxylic acids is 1. The number of carboxylic acid groups (broad SMARTS) is 1. The Kier molecular flexibility index (Phi) is 5.77. The summed E-state index contributed by atoms with van der Waals surface area (Å²) >= 11 is 0. The molecule has 0 aromatic carbocycles. The third-order valence-electron chi connectivity index (χ3n) is 1.09. The van der Waals surface area contributed by atoms with E-state index in [0.717, 1.165) is 25.3 Å². The standard InChI is InChI=1S/C7H13NO2/c8-6-4-2-1-3-5-7(9)10/h3,5H,1-2,4,6,8H2,(H,9,10). The summed E-state index contributed by atoms with van der Waals surface area (Å²) in [6.07, 6.45) is 5.56. The average Bonchev–Trinajstić information content (AvgIpc) is 1.87. The number of rotatable bonds is 5. The lowest BCUT2D eigenvalue weighted by Crippen LogP contribution is -1.97. The molecule has 0 heterocycles. The third kappa shape index (κ3) is 7.17. The van der Waals surface area contributed by atoms with Crippen LogP contribution in [-0.2, 0) is 4.79 Å². The first-order valence-corrected chi connectivity index (χ1v) is 3.37. The molecule has 58 valence electrons. The van der Waals surface area contributed by atoms with Crippen molar-refractivity contribution in [1.29, 1.82) is 0 Å². The van der Waals surface area contributed by atoms with Crippen LogP contribution in [0.4, 0.5) is 0 Å². The molecular weight excluding hydrogens is 130 g/mol. The highest BCUT2D eigenvalue weighted by Crippen LogP contribution is 1.93. The molecule has 3 N–H and O–H groups in total. The molecule has 0 atom stereocenters. The van der Waals surface area contributed by atoms with E-state index in [1.165, 1.54) is 0 Å². The van der Waals surface area contributed by atoms with Gasteiger partial charge in [-0.1, -0.05) is 6.08 Å². The first kappa shape index (κ1) is 9.17. The van der Waals surface area contributed by atoms with Crippen LogP contribution in [0.1, 0.15) is 19.3 Å². The predicted molar refractivity (Wildman–Crippen MR) is 39.7 cm³/mol. The van der Waals surface area contributed by atoms with Gasteiger partial charge in [-0.15, -0.1) is 0 Å². The fraction of sp³-hybridized carbons (Fsp3) is 0.571. The van der Waals surface area contributed by atoms with E-state index in [9.17, 15) is 4.79 Å². The maximum atomic E-state index is 9.92. The van der Waals surface area contributed by atoms with Gasteiger partial charge in [0.15, 0.2) is 0 Å². The van der Waals surface area contributed by atoms with E-state index in [-0.39, 0.29) is 0 Å². The van der Waals surface area contributed by atoms with Crippen molar-refractivity contribution in [3.8, 4) is 0 Å². The van der Waals surface area contributed by atoms with Gasteiger partial charge in [0.25, 0.3) is 0 Å². The van der Waals surface area contributed by atoms with Crippen LogP contribution < -0.4 is 5.73 Å². The van der Waals surface area contributed by atoms with Crippen LogP contribution >= 0.6 is 0 Å². The molecule has 0 aliphatic rings. The van der Waals surface area contributed by atoms with Gasteiger partial charge in [-0.3, -0.25) is 0 Å². The highest BCUT2D eigenvalue weighted by atomic mass is 16.4. The molecule has 10 heavy (non-hydrogen) atoms. The minimum Gasteiger partial charge on any atom is -0.478 e. The predicted octanol–water partition coefficient (Wildman–Crippen LogP) is 0.756. The monoisotopic (exact) mass is 143 g/mol. The van der Waals surface area contributed by atoms with Crippen molar-refractivity contribution in [2.24, 2.45) is 5.73 Å². The maximum Gasteiger partial charge on any atom is 0.327 e. The Morgan fingerprint density at radius 2 is 2.20 bits per heavy atom. The van der Waals surface area contributed by atoms with Crippen molar-refractivity contribution in [2.45, 2.75) is 19.3 Å². The van der Waals surface area contributed by atoms with Gasteiger partial charge in [0.1, 0.15) is 0 Å². The first-order valence-electron chi connectivity index (χ1n) is 3.37. The van der Waals surface area contributed by atoms with Gasteiger partial charge < -0.3 is 10.8 Å². The third-order valence-corrected chi connectivity index (χ3v) is 1.09. The summed E-state index contributed by atoms with van der Waals surface area (Å²) in [5.41, 5.74) is 5.23. The van der Waals surface area contributed by atoms with Crippen molar-refractivity contribution in [3.63, 3.8) is 0 Å². The SMILES string of the molecule is NCCCCC=CC(=O)O. The number of unbranched alkanes of at least 4 members (excludes halogenated alkanes) is 2. The zero-order valence-corrected chi connectivity index (χ0v) is 5.92. The fourth-order valence-corrected chi connectivity index (χ4v) is 0.591. The number of nitrogens with two attached hydrogens (primary N) is 1. The zero-order valence-electron chi connectivity index (χ0n) is 5.92. The average molecular weight is 143 g/mol. The van der Waals surface area contributed by atoms with Gasteiger partial charge in [0.05, 0.1) is 0 Å². The summed E-state index contributed by atoms with van der Waals surface area (Å²) in [7, 11) is 0. The molecule has 0 fully saturated rings. The van der Waals surface area contributed by atoms with E-state index in [4.69, 9.17) is 10.8 Å². The molecule has 3 heteroatoms. The quantitative estimate of drug-likeness (QED) is 0.441. The smallest absolute Gasteiger partial charge is 0.327 e. The molecular formula is C7H13NO2. The minimum absolute atomic E-state index is 0.681. The lowest BCUT2D eigenvalue weighted by Gasteiger charge is -1.89. The van der Waals surface area contributed by atoms with E-state index in [2.05, 4.69) is 0 Å². The number of hydrogen-bond acceptors (Lipinski definition) is 2. The second-order valence-corrected chi connectivity index (χ2v) is 2.03. The highest BCUT2D eigenvalue weighted by Gasteiger charge is 1.84. The Bertz CT molecular complexity index is 121. The molecule has 0 unspecified atom stereocenters. The molecule has 0 rings (SSSR count). The van der Waals surface area contributed by atoms with Crippen molar-refractivity contribution >= 4 is 5.97 Å². The zero-order chi connectivity index (χ0) is 7.82. The lowest BCUT2D eigenvalue weighted by atomic mass is 10.2. The largest absolute Gasteiger partial charge is 0.478 e. The van der Waals surface area contributed by atoms with Crippen molar-refractivity contribution in [3.05, 3.63) is 12.2 Å². The van der Waals surface area contributed by atoms with E-state index in [1.54, 1.807) is 6.08 Å². The van der Waals surface area contributed by atoms with Gasteiger partial charge in [-0.2, -0.15) is 0 Å². The molecule has 0 amide bonds. The van der Waals surface area contributed by atoms with E-state index >= 15 is 0 Å². The van der Waals surface area contributed by atoms with Crippen LogP contribution in [0.3, 0.4) is 0 Å². The Morgan fingerprint density at radius 1 is 1.50 bits per heavy atom. The molecule has 0 aliphatic carbocycles. The second kappa shape index (κ2) is 6.29. The summed E-state index contributed by atoms with van der Waals surface area (Å²) in [6, 6.07) is 0. The van der Waals surface area contributed by atoms with E-state index in [1.807, 2.05) is 0 Å². The van der Waals surface area contributed by atoms with Crippen LogP contribution in [0.25, 0.3) is 0 Å². The molecule has 0 spiro atoms. The van der Waals surface area contributed by atoms with E-state index < -0.39 is 5.97 Å². The summed E-state index contributed by atoms with van der Waals surface area (Å²) < 4.78 is 0. The second-order valence-electron chi connectivity index (χ2n) is 2.03. The summed E-state index contributed by atoms with van der Waals surface area (Å²) in [6.45, 7) is 0.681. The molecule has 0 aromatic rings. The molecule has 0 radical (unpaired) electrons. The van der Waals surface area contributed by atoms with Crippen LogP contribution in [0.2, 0.25) is 0 Å². The minimum atomic E-state index is -0.882. The van der Waals surface area contributed by atoms with Crippen molar-refractivity contribution < 1.29 is 9.90 Å². The lowest BCUT2D eigenvalue weighted by molar-refractivity contribution is -0.131. The Hall–Kier alpha value is -0.830. The number of hydrogen-bond donors (Lipinski definition) is 2. The number of carboxylic acids is 1. The van der Waals surface area contributed by atoms with Gasteiger partial charge in [0.2, 0.25) is 0 Å². The normalized spacial score (nSPS) is 10.5. The summed E-state index contributed by atoms with van der Waals surface area (Å²) in [5.74, 6) is -0.882. The van der Waals surface area contributed by atoms with Crippen molar-refractivity contribution in [1.82, 2.24) is 0 Å². The molecule has 0 bridgehead atoms. The summed E-state index contributed by atoms with van der Waals surface area (Å²) in [5, 5.41) is 8.16. The molecule has 3 nitrogen and oxygen atoms in total. The van der Waals surface area contributed by atoms with Gasteiger partial charge >= 0.3 is 5.97 Å². The number of carbonyl (C=O) groups is 1. The Morgan fingerprint density at radius 3 is 2.70 bits per heavy atom. The van der Waals surface area contributed by atoms with E-state index in [0.29, 0.717) is 6.54 Å². The van der Waals surface area contributed by atoms with Gasteiger partial charge in [0, 0.05) is 6.08 Å². The van der Waals surface area contributed by atoms with Gasteiger partial charge in [-0.05, 0) is 25.8 Å². The fourth-order valence-electron chi connectivity index (χ4n) is 0.591. The molecule has 0 saturated heterocycles. The highest BCUT2D eigenvalue weighted by molar-refractivity contribution is 5.79. The van der Waals surface area contributed by atoms with Crippen molar-refractivity contribution in [2.75, 3.05) is 6.54 Å². The number of allylic oxidation sites excluding steroid dienone is 1.